The van der Waals surface area contributed by atoms with E-state index in [1.165, 1.54) is 4.90 Å². The van der Waals surface area contributed by atoms with Crippen LogP contribution in [0.4, 0.5) is 0 Å². The molecule has 3 rings (SSSR count). The quantitative estimate of drug-likeness (QED) is 0.800. The fourth-order valence-electron chi connectivity index (χ4n) is 3.33. The largest absolute Gasteiger partial charge is 0.370 e. The number of hydrogen-bond donors (Lipinski definition) is 2. The Bertz CT molecular complexity index is 775. The Balaban J connectivity index is 1.85. The average Bonchev–Trinajstić information content (AvgIpc) is 2.68. The predicted molar refractivity (Wildman–Crippen MR) is 96.9 cm³/mol. The van der Waals surface area contributed by atoms with Gasteiger partial charge in [0.15, 0.2) is 0 Å². The fraction of sp³-hybridized carbons (Fsp3) is 0.368. The van der Waals surface area contributed by atoms with Gasteiger partial charge in [0.25, 0.3) is 0 Å². The lowest BCUT2D eigenvalue weighted by Gasteiger charge is -2.40. The molecular weight excluding hydrogens is 336 g/mol. The van der Waals surface area contributed by atoms with Crippen LogP contribution in [0.1, 0.15) is 12.5 Å². The van der Waals surface area contributed by atoms with E-state index in [2.05, 4.69) is 23.8 Å². The van der Waals surface area contributed by atoms with Crippen molar-refractivity contribution in [3.8, 4) is 0 Å². The van der Waals surface area contributed by atoms with Crippen LogP contribution < -0.4 is 9.62 Å². The van der Waals surface area contributed by atoms with Crippen LogP contribution in [0.15, 0.2) is 65.6 Å². The molecule has 0 amide bonds. The minimum absolute atomic E-state index is 0.294. The highest BCUT2D eigenvalue weighted by Crippen LogP contribution is 2.18. The molecule has 0 unspecified atom stereocenters. The lowest BCUT2D eigenvalue weighted by Crippen LogP contribution is -3.21. The smallest absolute Gasteiger partial charge is 0.240 e. The van der Waals surface area contributed by atoms with Gasteiger partial charge in [-0.3, -0.25) is 0 Å². The summed E-state index contributed by atoms with van der Waals surface area (Å²) in [5.74, 6) is 0. The molecule has 0 spiro atoms. The van der Waals surface area contributed by atoms with Gasteiger partial charge in [-0.15, -0.1) is 0 Å². The van der Waals surface area contributed by atoms with E-state index in [0.717, 1.165) is 18.7 Å². The normalized spacial score (nSPS) is 18.6. The molecule has 2 N–H and O–H groups in total. The number of sulfonamides is 1. The van der Waals surface area contributed by atoms with Crippen LogP contribution in [0.25, 0.3) is 0 Å². The van der Waals surface area contributed by atoms with Gasteiger partial charge in [0.05, 0.1) is 24.7 Å². The summed E-state index contributed by atoms with van der Waals surface area (Å²) in [6.45, 7) is 5.57. The number of ether oxygens (including phenoxy) is 1. The highest BCUT2D eigenvalue weighted by Gasteiger charge is 2.39. The minimum Gasteiger partial charge on any atom is -0.370 e. The first-order valence-corrected chi connectivity index (χ1v) is 10.0. The number of morpholine rings is 1. The SMILES string of the molecule is C[C@](CNS(=O)(=O)c1ccccc1)(c1ccccc1)[NH+]1CCOCC1. The van der Waals surface area contributed by atoms with Crippen LogP contribution in [0, 0.1) is 0 Å². The van der Waals surface area contributed by atoms with Crippen molar-refractivity contribution in [1.82, 2.24) is 4.72 Å². The molecule has 0 aliphatic carbocycles. The van der Waals surface area contributed by atoms with Crippen molar-refractivity contribution in [2.75, 3.05) is 32.8 Å². The Kier molecular flexibility index (Phi) is 5.54. The molecule has 1 fully saturated rings. The van der Waals surface area contributed by atoms with Gasteiger partial charge in [0, 0.05) is 5.56 Å². The van der Waals surface area contributed by atoms with Crippen molar-refractivity contribution in [2.45, 2.75) is 17.4 Å². The van der Waals surface area contributed by atoms with Crippen LogP contribution in [-0.2, 0) is 20.3 Å². The Morgan fingerprint density at radius 1 is 1.00 bits per heavy atom. The van der Waals surface area contributed by atoms with Gasteiger partial charge in [-0.2, -0.15) is 0 Å². The maximum atomic E-state index is 12.6. The van der Waals surface area contributed by atoms with E-state index in [1.54, 1.807) is 24.3 Å². The van der Waals surface area contributed by atoms with Gasteiger partial charge >= 0.3 is 0 Å². The van der Waals surface area contributed by atoms with Gasteiger partial charge in [-0.25, -0.2) is 13.1 Å². The number of quaternary nitrogens is 1. The summed E-state index contributed by atoms with van der Waals surface area (Å²) in [6, 6.07) is 18.6. The molecule has 0 saturated carbocycles. The summed E-state index contributed by atoms with van der Waals surface area (Å²) in [4.78, 5) is 1.63. The van der Waals surface area contributed by atoms with Gasteiger partial charge in [0.2, 0.25) is 10.0 Å². The predicted octanol–water partition coefficient (Wildman–Crippen LogP) is 0.795. The molecule has 1 aliphatic rings. The van der Waals surface area contributed by atoms with Crippen LogP contribution in [0.2, 0.25) is 0 Å². The Morgan fingerprint density at radius 3 is 2.16 bits per heavy atom. The minimum atomic E-state index is -3.53. The third-order valence-corrected chi connectivity index (χ3v) is 6.37. The summed E-state index contributed by atoms with van der Waals surface area (Å²) in [7, 11) is -3.53. The zero-order valence-corrected chi connectivity index (χ0v) is 15.3. The molecule has 1 aliphatic heterocycles. The molecule has 1 heterocycles. The number of nitrogens with one attached hydrogen (secondary N) is 2. The molecule has 0 radical (unpaired) electrons. The van der Waals surface area contributed by atoms with Crippen molar-refractivity contribution < 1.29 is 18.1 Å². The zero-order chi connectivity index (χ0) is 17.8. The maximum Gasteiger partial charge on any atom is 0.240 e. The number of rotatable bonds is 6. The van der Waals surface area contributed by atoms with Gasteiger partial charge in [-0.1, -0.05) is 48.5 Å². The summed E-state index contributed by atoms with van der Waals surface area (Å²) < 4.78 is 33.6. The monoisotopic (exact) mass is 361 g/mol. The summed E-state index contributed by atoms with van der Waals surface area (Å²) in [6.07, 6.45) is 0. The molecule has 5 nitrogen and oxygen atoms in total. The highest BCUT2D eigenvalue weighted by molar-refractivity contribution is 7.89. The molecule has 134 valence electrons. The molecule has 2 aromatic rings. The van der Waals surface area contributed by atoms with E-state index < -0.39 is 10.0 Å². The summed E-state index contributed by atoms with van der Waals surface area (Å²) in [5, 5.41) is 0. The molecule has 25 heavy (non-hydrogen) atoms. The van der Waals surface area contributed by atoms with E-state index in [4.69, 9.17) is 4.74 Å². The zero-order valence-electron chi connectivity index (χ0n) is 14.4. The Morgan fingerprint density at radius 2 is 1.56 bits per heavy atom. The van der Waals surface area contributed by atoms with Crippen molar-refractivity contribution >= 4 is 10.0 Å². The molecule has 2 aromatic carbocycles. The van der Waals surface area contributed by atoms with Gasteiger partial charge in [-0.05, 0) is 19.1 Å². The average molecular weight is 361 g/mol. The van der Waals surface area contributed by atoms with E-state index in [1.807, 2.05) is 24.3 Å². The standard InChI is InChI=1S/C19H24N2O3S/c1-19(17-8-4-2-5-9-17,21-12-14-24-15-13-21)16-20-25(22,23)18-10-6-3-7-11-18/h2-11,20H,12-16H2,1H3/p+1/t19-/m0/s1. The summed E-state index contributed by atoms with van der Waals surface area (Å²) in [5.41, 5.74) is 0.773. The Labute approximate surface area is 149 Å². The van der Waals surface area contributed by atoms with Crippen molar-refractivity contribution in [1.29, 1.82) is 0 Å². The van der Waals surface area contributed by atoms with Crippen LogP contribution in [0.3, 0.4) is 0 Å². The van der Waals surface area contributed by atoms with Crippen molar-refractivity contribution in [3.63, 3.8) is 0 Å². The summed E-state index contributed by atoms with van der Waals surface area (Å²) >= 11 is 0. The first-order valence-electron chi connectivity index (χ1n) is 8.55. The molecule has 6 heteroatoms. The second kappa shape index (κ2) is 7.66. The maximum absolute atomic E-state index is 12.6. The number of benzene rings is 2. The molecule has 1 atom stereocenters. The van der Waals surface area contributed by atoms with E-state index >= 15 is 0 Å². The van der Waals surface area contributed by atoms with Gasteiger partial charge in [0.1, 0.15) is 18.6 Å². The van der Waals surface area contributed by atoms with Crippen LogP contribution in [-0.4, -0.2) is 41.3 Å². The number of hydrogen-bond acceptors (Lipinski definition) is 3. The second-order valence-electron chi connectivity index (χ2n) is 6.55. The van der Waals surface area contributed by atoms with Crippen molar-refractivity contribution in [2.24, 2.45) is 0 Å². The van der Waals surface area contributed by atoms with Crippen LogP contribution in [0.5, 0.6) is 0 Å². The molecular formula is C19H25N2O3S+. The Hall–Kier alpha value is -1.73. The van der Waals surface area contributed by atoms with E-state index in [9.17, 15) is 8.42 Å². The van der Waals surface area contributed by atoms with Crippen LogP contribution >= 0.6 is 0 Å². The lowest BCUT2D eigenvalue weighted by atomic mass is 9.89. The van der Waals surface area contributed by atoms with Crippen molar-refractivity contribution in [3.05, 3.63) is 66.2 Å². The lowest BCUT2D eigenvalue weighted by molar-refractivity contribution is -0.964. The first-order chi connectivity index (χ1) is 12.0. The fourth-order valence-corrected chi connectivity index (χ4v) is 4.49. The van der Waals surface area contributed by atoms with Gasteiger partial charge < -0.3 is 9.64 Å². The van der Waals surface area contributed by atoms with E-state index in [0.29, 0.717) is 24.7 Å². The third-order valence-electron chi connectivity index (χ3n) is 4.96. The molecule has 0 aromatic heterocycles. The topological polar surface area (TPSA) is 59.8 Å². The molecule has 0 bridgehead atoms. The molecule has 1 saturated heterocycles. The second-order valence-corrected chi connectivity index (χ2v) is 8.32. The third kappa shape index (κ3) is 4.10. The first kappa shape index (κ1) is 18.1. The van der Waals surface area contributed by atoms with E-state index in [-0.39, 0.29) is 5.54 Å². The highest BCUT2D eigenvalue weighted by atomic mass is 32.2.